The largest absolute Gasteiger partial charge is 0.455 e. The second-order valence-electron chi connectivity index (χ2n) is 15.3. The molecule has 2 heterocycles. The molecule has 0 atom stereocenters. The topological polar surface area (TPSA) is 21.3 Å². The van der Waals surface area contributed by atoms with Crippen molar-refractivity contribution in [1.82, 2.24) is 4.57 Å². The fourth-order valence-corrected chi connectivity index (χ4v) is 9.22. The van der Waals surface area contributed by atoms with Crippen molar-refractivity contribution in [2.45, 2.75) is 0 Å². The van der Waals surface area contributed by atoms with Crippen molar-refractivity contribution in [2.24, 2.45) is 0 Å². The molecule has 0 N–H and O–H groups in total. The van der Waals surface area contributed by atoms with Crippen molar-refractivity contribution in [3.8, 4) is 27.9 Å². The predicted molar refractivity (Wildman–Crippen MR) is 249 cm³/mol. The Kier molecular flexibility index (Phi) is 7.54. The third kappa shape index (κ3) is 5.36. The number of rotatable bonds is 6. The number of aromatic nitrogens is 1. The van der Waals surface area contributed by atoms with Gasteiger partial charge in [-0.15, -0.1) is 0 Å². The molecule has 0 spiro atoms. The molecule has 3 heteroatoms. The van der Waals surface area contributed by atoms with Crippen LogP contribution in [-0.2, 0) is 0 Å². The lowest BCUT2D eigenvalue weighted by Gasteiger charge is -2.27. The highest BCUT2D eigenvalue weighted by Gasteiger charge is 2.19. The minimum Gasteiger partial charge on any atom is -0.455 e. The first-order valence-electron chi connectivity index (χ1n) is 20.2. The van der Waals surface area contributed by atoms with Crippen LogP contribution in [0.5, 0.6) is 0 Å². The first kappa shape index (κ1) is 33.3. The van der Waals surface area contributed by atoms with Crippen LogP contribution < -0.4 is 4.90 Å². The van der Waals surface area contributed by atoms with E-state index < -0.39 is 0 Å². The average molecular weight is 753 g/mol. The maximum Gasteiger partial charge on any atom is 0.143 e. The van der Waals surface area contributed by atoms with Crippen LogP contribution in [0.1, 0.15) is 0 Å². The van der Waals surface area contributed by atoms with E-state index in [9.17, 15) is 0 Å². The number of fused-ring (bicyclic) bond motifs is 9. The second-order valence-corrected chi connectivity index (χ2v) is 15.3. The summed E-state index contributed by atoms with van der Waals surface area (Å²) >= 11 is 0. The summed E-state index contributed by atoms with van der Waals surface area (Å²) in [7, 11) is 0. The number of benzene rings is 10. The fourth-order valence-electron chi connectivity index (χ4n) is 9.22. The van der Waals surface area contributed by atoms with Gasteiger partial charge in [0.25, 0.3) is 0 Å². The monoisotopic (exact) mass is 752 g/mol. The van der Waals surface area contributed by atoms with E-state index in [4.69, 9.17) is 4.42 Å². The molecule has 12 aromatic rings. The lowest BCUT2D eigenvalue weighted by atomic mass is 10.00. The van der Waals surface area contributed by atoms with Crippen molar-refractivity contribution in [2.75, 3.05) is 4.90 Å². The summed E-state index contributed by atoms with van der Waals surface area (Å²) in [5.41, 5.74) is 13.2. The van der Waals surface area contributed by atoms with Gasteiger partial charge in [-0.2, -0.15) is 0 Å². The first-order valence-corrected chi connectivity index (χ1v) is 20.2. The maximum atomic E-state index is 6.79. The molecule has 0 saturated carbocycles. The number of hydrogen-bond acceptors (Lipinski definition) is 2. The SMILES string of the molecule is c1cc(-c2cccc3c2oc2c4ccccc4ccc32)cc(N(c2ccc(-c3cccc(-n4c5ccccc5c5ccccc54)c3)cc2)c2cccc3ccccc23)c1. The van der Waals surface area contributed by atoms with Gasteiger partial charge >= 0.3 is 0 Å². The molecular formula is C56H36N2O. The third-order valence-electron chi connectivity index (χ3n) is 12.0. The number of hydrogen-bond donors (Lipinski definition) is 0. The molecule has 276 valence electrons. The number of nitrogens with zero attached hydrogens (tertiary/aromatic N) is 2. The Morgan fingerprint density at radius 1 is 0.339 bits per heavy atom. The van der Waals surface area contributed by atoms with Gasteiger partial charge in [0.2, 0.25) is 0 Å². The summed E-state index contributed by atoms with van der Waals surface area (Å²) in [5, 5.41) is 9.47. The molecule has 10 aromatic carbocycles. The number of furan rings is 1. The van der Waals surface area contributed by atoms with Crippen LogP contribution >= 0.6 is 0 Å². The molecule has 59 heavy (non-hydrogen) atoms. The Balaban J connectivity index is 0.981. The van der Waals surface area contributed by atoms with Crippen molar-refractivity contribution >= 4 is 82.4 Å². The van der Waals surface area contributed by atoms with Gasteiger partial charge in [-0.05, 0) is 88.1 Å². The Morgan fingerprint density at radius 3 is 1.73 bits per heavy atom. The van der Waals surface area contributed by atoms with Crippen LogP contribution in [-0.4, -0.2) is 4.57 Å². The normalized spacial score (nSPS) is 11.7. The molecule has 0 unspecified atom stereocenters. The van der Waals surface area contributed by atoms with E-state index in [1.807, 2.05) is 0 Å². The molecule has 0 amide bonds. The van der Waals surface area contributed by atoms with Gasteiger partial charge in [0.1, 0.15) is 11.2 Å². The molecule has 0 fully saturated rings. The molecule has 0 aliphatic rings. The zero-order valence-electron chi connectivity index (χ0n) is 32.1. The average Bonchev–Trinajstić information content (AvgIpc) is 3.86. The molecule has 0 aliphatic heterocycles. The van der Waals surface area contributed by atoms with Crippen LogP contribution in [0.3, 0.4) is 0 Å². The first-order chi connectivity index (χ1) is 29.3. The van der Waals surface area contributed by atoms with E-state index in [2.05, 4.69) is 228 Å². The lowest BCUT2D eigenvalue weighted by molar-refractivity contribution is 0.674. The van der Waals surface area contributed by atoms with Crippen molar-refractivity contribution < 1.29 is 4.42 Å². The Morgan fingerprint density at radius 2 is 0.932 bits per heavy atom. The number of anilines is 3. The highest BCUT2D eigenvalue weighted by atomic mass is 16.3. The second kappa shape index (κ2) is 13.4. The van der Waals surface area contributed by atoms with Gasteiger partial charge in [0.15, 0.2) is 0 Å². The van der Waals surface area contributed by atoms with Crippen LogP contribution in [0.4, 0.5) is 17.1 Å². The van der Waals surface area contributed by atoms with Crippen molar-refractivity contribution in [1.29, 1.82) is 0 Å². The summed E-state index contributed by atoms with van der Waals surface area (Å²) in [5.74, 6) is 0. The number of para-hydroxylation sites is 3. The van der Waals surface area contributed by atoms with E-state index in [-0.39, 0.29) is 0 Å². The smallest absolute Gasteiger partial charge is 0.143 e. The van der Waals surface area contributed by atoms with Crippen LogP contribution in [0, 0.1) is 0 Å². The molecule has 3 nitrogen and oxygen atoms in total. The summed E-state index contributed by atoms with van der Waals surface area (Å²) in [4.78, 5) is 2.39. The van der Waals surface area contributed by atoms with Gasteiger partial charge in [-0.25, -0.2) is 0 Å². The summed E-state index contributed by atoms with van der Waals surface area (Å²) in [6, 6.07) is 78.6. The standard InChI is InChI=1S/C56H36N2O/c1-3-20-45-38(13-1)15-11-28-52(45)57(43-18-10-17-41(36-43)47-24-12-25-50-51-34-31-39-14-2-4-21-46(39)55(51)59-56(47)50)42-32-29-37(30-33-42)40-16-9-19-44(35-40)58-53-26-7-5-22-48(53)49-23-6-8-27-54(49)58/h1-36H. The molecule has 2 aromatic heterocycles. The zero-order valence-corrected chi connectivity index (χ0v) is 32.1. The molecular weight excluding hydrogens is 717 g/mol. The molecule has 0 saturated heterocycles. The van der Waals surface area contributed by atoms with E-state index >= 15 is 0 Å². The third-order valence-corrected chi connectivity index (χ3v) is 12.0. The summed E-state index contributed by atoms with van der Waals surface area (Å²) in [6.45, 7) is 0. The Labute approximate surface area is 341 Å². The quantitative estimate of drug-likeness (QED) is 0.169. The van der Waals surface area contributed by atoms with Crippen molar-refractivity contribution in [3.63, 3.8) is 0 Å². The minimum absolute atomic E-state index is 0.903. The fraction of sp³-hybridized carbons (Fsp3) is 0. The Bertz CT molecular complexity index is 3510. The lowest BCUT2D eigenvalue weighted by Crippen LogP contribution is -2.10. The molecule has 0 radical (unpaired) electrons. The van der Waals surface area contributed by atoms with E-state index in [1.54, 1.807) is 0 Å². The molecule has 0 aliphatic carbocycles. The van der Waals surface area contributed by atoms with Crippen LogP contribution in [0.2, 0.25) is 0 Å². The highest BCUT2D eigenvalue weighted by Crippen LogP contribution is 2.43. The van der Waals surface area contributed by atoms with Gasteiger partial charge in [-0.1, -0.05) is 158 Å². The Hall–Kier alpha value is -7.88. The minimum atomic E-state index is 0.903. The maximum absolute atomic E-state index is 6.79. The van der Waals surface area contributed by atoms with Gasteiger partial charge in [0, 0.05) is 54.9 Å². The zero-order chi connectivity index (χ0) is 38.9. The van der Waals surface area contributed by atoms with E-state index in [0.29, 0.717) is 0 Å². The summed E-state index contributed by atoms with van der Waals surface area (Å²) in [6.07, 6.45) is 0. The van der Waals surface area contributed by atoms with Crippen LogP contribution in [0.15, 0.2) is 223 Å². The predicted octanol–water partition coefficient (Wildman–Crippen LogP) is 15.8. The molecule has 12 rings (SSSR count). The van der Waals surface area contributed by atoms with E-state index in [0.717, 1.165) is 66.8 Å². The van der Waals surface area contributed by atoms with Gasteiger partial charge < -0.3 is 13.9 Å². The van der Waals surface area contributed by atoms with Crippen molar-refractivity contribution in [3.05, 3.63) is 218 Å². The van der Waals surface area contributed by atoms with E-state index in [1.165, 1.54) is 43.5 Å². The highest BCUT2D eigenvalue weighted by molar-refractivity contribution is 6.17. The van der Waals surface area contributed by atoms with Gasteiger partial charge in [0.05, 0.1) is 16.7 Å². The molecule has 0 bridgehead atoms. The summed E-state index contributed by atoms with van der Waals surface area (Å²) < 4.78 is 9.17. The van der Waals surface area contributed by atoms with Crippen LogP contribution in [0.25, 0.3) is 93.2 Å². The van der Waals surface area contributed by atoms with Gasteiger partial charge in [-0.3, -0.25) is 0 Å².